The maximum Gasteiger partial charge on any atom is 0.416 e. The minimum atomic E-state index is -4.35. The number of imidazole rings is 1. The lowest BCUT2D eigenvalue weighted by molar-refractivity contribution is -0.137. The Balaban J connectivity index is 2.20. The van der Waals surface area contributed by atoms with E-state index >= 15 is 0 Å². The smallest absolute Gasteiger partial charge is 0.324 e. The maximum atomic E-state index is 12.9. The van der Waals surface area contributed by atoms with Crippen LogP contribution in [0.2, 0.25) is 0 Å². The highest BCUT2D eigenvalue weighted by atomic mass is 19.4. The molecule has 2 aromatic carbocycles. The van der Waals surface area contributed by atoms with Crippen molar-refractivity contribution < 1.29 is 13.2 Å². The summed E-state index contributed by atoms with van der Waals surface area (Å²) in [6, 6.07) is 11.6. The SMILES string of the molecule is CCCn1c(-c2ccc(C)cc2)nc2cc(C(F)(F)F)ccc21. The van der Waals surface area contributed by atoms with Crippen LogP contribution in [-0.2, 0) is 12.7 Å². The van der Waals surface area contributed by atoms with Crippen LogP contribution < -0.4 is 0 Å². The Morgan fingerprint density at radius 3 is 2.35 bits per heavy atom. The number of halogens is 3. The van der Waals surface area contributed by atoms with E-state index in [0.717, 1.165) is 35.2 Å². The molecule has 0 amide bonds. The molecule has 2 nitrogen and oxygen atoms in total. The van der Waals surface area contributed by atoms with E-state index in [2.05, 4.69) is 4.98 Å². The highest BCUT2D eigenvalue weighted by molar-refractivity contribution is 5.81. The lowest BCUT2D eigenvalue weighted by atomic mass is 10.1. The first-order valence-electron chi connectivity index (χ1n) is 7.54. The Hall–Kier alpha value is -2.30. The summed E-state index contributed by atoms with van der Waals surface area (Å²) >= 11 is 0. The fourth-order valence-corrected chi connectivity index (χ4v) is 2.68. The Kier molecular flexibility index (Phi) is 3.88. The lowest BCUT2D eigenvalue weighted by Gasteiger charge is -2.09. The third kappa shape index (κ3) is 2.96. The molecule has 0 unspecified atom stereocenters. The number of hydrogen-bond acceptors (Lipinski definition) is 1. The first kappa shape index (κ1) is 15.6. The first-order chi connectivity index (χ1) is 10.9. The van der Waals surface area contributed by atoms with Gasteiger partial charge in [0, 0.05) is 12.1 Å². The van der Waals surface area contributed by atoms with E-state index in [1.165, 1.54) is 6.07 Å². The highest BCUT2D eigenvalue weighted by Gasteiger charge is 2.31. The van der Waals surface area contributed by atoms with Crippen LogP contribution in [0, 0.1) is 6.92 Å². The second-order valence-corrected chi connectivity index (χ2v) is 5.65. The topological polar surface area (TPSA) is 17.8 Å². The van der Waals surface area contributed by atoms with Gasteiger partial charge in [-0.25, -0.2) is 4.98 Å². The van der Waals surface area contributed by atoms with Crippen molar-refractivity contribution in [2.75, 3.05) is 0 Å². The second-order valence-electron chi connectivity index (χ2n) is 5.65. The fraction of sp³-hybridized carbons (Fsp3) is 0.278. The van der Waals surface area contributed by atoms with Gasteiger partial charge in [0.25, 0.3) is 0 Å². The molecular formula is C18H17F3N2. The van der Waals surface area contributed by atoms with Crippen LogP contribution in [0.25, 0.3) is 22.4 Å². The molecular weight excluding hydrogens is 301 g/mol. The molecule has 1 heterocycles. The van der Waals surface area contributed by atoms with Gasteiger partial charge in [-0.2, -0.15) is 13.2 Å². The van der Waals surface area contributed by atoms with Crippen LogP contribution in [0.1, 0.15) is 24.5 Å². The van der Waals surface area contributed by atoms with Gasteiger partial charge in [-0.05, 0) is 31.5 Å². The van der Waals surface area contributed by atoms with Crippen molar-refractivity contribution in [3.05, 3.63) is 53.6 Å². The van der Waals surface area contributed by atoms with E-state index in [1.807, 2.05) is 42.7 Å². The number of rotatable bonds is 3. The van der Waals surface area contributed by atoms with Crippen LogP contribution >= 0.6 is 0 Å². The molecule has 0 aliphatic carbocycles. The van der Waals surface area contributed by atoms with Gasteiger partial charge in [0.05, 0.1) is 16.6 Å². The quantitative estimate of drug-likeness (QED) is 0.628. The number of aromatic nitrogens is 2. The van der Waals surface area contributed by atoms with Crippen molar-refractivity contribution in [3.8, 4) is 11.4 Å². The minimum Gasteiger partial charge on any atom is -0.324 e. The number of aryl methyl sites for hydroxylation is 2. The molecule has 0 aliphatic rings. The molecule has 3 rings (SSSR count). The molecule has 0 fully saturated rings. The monoisotopic (exact) mass is 318 g/mol. The summed E-state index contributed by atoms with van der Waals surface area (Å²) in [6.45, 7) is 4.74. The Labute approximate surface area is 132 Å². The summed E-state index contributed by atoms with van der Waals surface area (Å²) in [4.78, 5) is 4.47. The van der Waals surface area contributed by atoms with Crippen LogP contribution in [-0.4, -0.2) is 9.55 Å². The third-order valence-corrected chi connectivity index (χ3v) is 3.83. The van der Waals surface area contributed by atoms with Gasteiger partial charge in [-0.15, -0.1) is 0 Å². The fourth-order valence-electron chi connectivity index (χ4n) is 2.68. The number of fused-ring (bicyclic) bond motifs is 1. The second kappa shape index (κ2) is 5.72. The molecule has 0 bridgehead atoms. The zero-order chi connectivity index (χ0) is 16.6. The average molecular weight is 318 g/mol. The zero-order valence-electron chi connectivity index (χ0n) is 13.0. The minimum absolute atomic E-state index is 0.379. The van der Waals surface area contributed by atoms with E-state index in [9.17, 15) is 13.2 Å². The van der Waals surface area contributed by atoms with Crippen LogP contribution in [0.5, 0.6) is 0 Å². The van der Waals surface area contributed by atoms with Gasteiger partial charge in [0.2, 0.25) is 0 Å². The predicted molar refractivity (Wildman–Crippen MR) is 85.2 cm³/mol. The summed E-state index contributed by atoms with van der Waals surface area (Å²) < 4.78 is 40.7. The van der Waals surface area contributed by atoms with E-state index < -0.39 is 11.7 Å². The number of benzene rings is 2. The van der Waals surface area contributed by atoms with Crippen molar-refractivity contribution in [1.82, 2.24) is 9.55 Å². The van der Waals surface area contributed by atoms with E-state index in [-0.39, 0.29) is 0 Å². The van der Waals surface area contributed by atoms with Gasteiger partial charge >= 0.3 is 6.18 Å². The number of nitrogens with zero attached hydrogens (tertiary/aromatic N) is 2. The van der Waals surface area contributed by atoms with Crippen LogP contribution in [0.3, 0.4) is 0 Å². The molecule has 1 aromatic heterocycles. The number of hydrogen-bond donors (Lipinski definition) is 0. The van der Waals surface area contributed by atoms with E-state index in [1.54, 1.807) is 0 Å². The van der Waals surface area contributed by atoms with Crippen LogP contribution in [0.15, 0.2) is 42.5 Å². The van der Waals surface area contributed by atoms with Gasteiger partial charge in [-0.3, -0.25) is 0 Å². The molecule has 120 valence electrons. The Morgan fingerprint density at radius 2 is 1.74 bits per heavy atom. The normalized spacial score (nSPS) is 12.0. The molecule has 0 aliphatic heterocycles. The summed E-state index contributed by atoms with van der Waals surface area (Å²) in [6.07, 6.45) is -3.47. The van der Waals surface area contributed by atoms with E-state index in [0.29, 0.717) is 17.9 Å². The van der Waals surface area contributed by atoms with Crippen LogP contribution in [0.4, 0.5) is 13.2 Å². The molecule has 3 aromatic rings. The standard InChI is InChI=1S/C18H17F3N2/c1-3-10-23-16-9-8-14(18(19,20)21)11-15(16)22-17(23)13-6-4-12(2)5-7-13/h4-9,11H,3,10H2,1-2H3. The summed E-state index contributed by atoms with van der Waals surface area (Å²) in [5.41, 5.74) is 2.49. The van der Waals surface area contributed by atoms with Crippen molar-refractivity contribution in [3.63, 3.8) is 0 Å². The molecule has 0 radical (unpaired) electrons. The molecule has 23 heavy (non-hydrogen) atoms. The molecule has 0 atom stereocenters. The van der Waals surface area contributed by atoms with Gasteiger partial charge in [-0.1, -0.05) is 36.8 Å². The molecule has 0 saturated carbocycles. The third-order valence-electron chi connectivity index (χ3n) is 3.83. The lowest BCUT2D eigenvalue weighted by Crippen LogP contribution is -2.04. The summed E-state index contributed by atoms with van der Waals surface area (Å²) in [5.74, 6) is 0.709. The Morgan fingerprint density at radius 1 is 1.04 bits per heavy atom. The molecule has 0 spiro atoms. The Bertz CT molecular complexity index is 830. The highest BCUT2D eigenvalue weighted by Crippen LogP contribution is 2.33. The van der Waals surface area contributed by atoms with Gasteiger partial charge < -0.3 is 4.57 Å². The van der Waals surface area contributed by atoms with Crippen molar-refractivity contribution in [2.45, 2.75) is 33.0 Å². The summed E-state index contributed by atoms with van der Waals surface area (Å²) in [7, 11) is 0. The van der Waals surface area contributed by atoms with Gasteiger partial charge in [0.15, 0.2) is 0 Å². The van der Waals surface area contributed by atoms with Crippen molar-refractivity contribution in [2.24, 2.45) is 0 Å². The average Bonchev–Trinajstić information content (AvgIpc) is 2.86. The predicted octanol–water partition coefficient (Wildman–Crippen LogP) is 5.44. The number of alkyl halides is 3. The van der Waals surface area contributed by atoms with Crippen molar-refractivity contribution in [1.29, 1.82) is 0 Å². The largest absolute Gasteiger partial charge is 0.416 e. The molecule has 5 heteroatoms. The maximum absolute atomic E-state index is 12.9. The first-order valence-corrected chi connectivity index (χ1v) is 7.54. The van der Waals surface area contributed by atoms with E-state index in [4.69, 9.17) is 0 Å². The van der Waals surface area contributed by atoms with Crippen molar-refractivity contribution >= 4 is 11.0 Å². The summed E-state index contributed by atoms with van der Waals surface area (Å²) in [5, 5.41) is 0. The van der Waals surface area contributed by atoms with Gasteiger partial charge in [0.1, 0.15) is 5.82 Å². The zero-order valence-corrected chi connectivity index (χ0v) is 13.0. The molecule has 0 saturated heterocycles. The molecule has 0 N–H and O–H groups in total.